The summed E-state index contributed by atoms with van der Waals surface area (Å²) in [5.41, 5.74) is 3.04. The van der Waals surface area contributed by atoms with Gasteiger partial charge in [0.15, 0.2) is 4.34 Å². The number of nitrogens with zero attached hydrogens (tertiary/aromatic N) is 3. The molecule has 0 aliphatic heterocycles. The van der Waals surface area contributed by atoms with Gasteiger partial charge in [-0.25, -0.2) is 4.98 Å². The molecule has 0 radical (unpaired) electrons. The zero-order chi connectivity index (χ0) is 20.1. The molecular weight excluding hydrogens is 404 g/mol. The smallest absolute Gasteiger partial charge is 0.258 e. The van der Waals surface area contributed by atoms with Gasteiger partial charge in [-0.3, -0.25) is 10.1 Å². The van der Waals surface area contributed by atoms with Gasteiger partial charge in [-0.2, -0.15) is 0 Å². The molecule has 0 aliphatic carbocycles. The molecule has 2 aromatic heterocycles. The van der Waals surface area contributed by atoms with Crippen LogP contribution in [0.25, 0.3) is 22.2 Å². The molecule has 0 saturated carbocycles. The maximum atomic E-state index is 13.1. The van der Waals surface area contributed by atoms with Crippen LogP contribution in [0.2, 0.25) is 0 Å². The Morgan fingerprint density at radius 3 is 2.72 bits per heavy atom. The van der Waals surface area contributed by atoms with Crippen LogP contribution in [0.3, 0.4) is 0 Å². The molecule has 2 aromatic carbocycles. The van der Waals surface area contributed by atoms with Gasteiger partial charge in [0.2, 0.25) is 5.13 Å². The normalized spacial score (nSPS) is 10.9. The zero-order valence-electron chi connectivity index (χ0n) is 15.7. The Labute approximate surface area is 176 Å². The Bertz CT molecular complexity index is 1130. The highest BCUT2D eigenvalue weighted by Gasteiger charge is 2.16. The molecule has 29 heavy (non-hydrogen) atoms. The predicted octanol–water partition coefficient (Wildman–Crippen LogP) is 4.74. The van der Waals surface area contributed by atoms with Crippen LogP contribution in [0, 0.1) is 0 Å². The molecule has 146 valence electrons. The second-order valence-corrected chi connectivity index (χ2v) is 8.43. The summed E-state index contributed by atoms with van der Waals surface area (Å²) in [6, 6.07) is 19.3. The Hall–Kier alpha value is -2.81. The van der Waals surface area contributed by atoms with Gasteiger partial charge in [-0.15, -0.1) is 10.2 Å². The average Bonchev–Trinajstić information content (AvgIpc) is 3.21. The zero-order valence-corrected chi connectivity index (χ0v) is 17.3. The molecular formula is C21H18N4O2S2. The fourth-order valence-corrected chi connectivity index (χ4v) is 4.53. The Kier molecular flexibility index (Phi) is 6.14. The lowest BCUT2D eigenvalue weighted by Crippen LogP contribution is -2.13. The number of benzene rings is 2. The van der Waals surface area contributed by atoms with E-state index >= 15 is 0 Å². The fourth-order valence-electron chi connectivity index (χ4n) is 2.82. The molecule has 0 saturated heterocycles. The minimum Gasteiger partial charge on any atom is -0.384 e. The Balaban J connectivity index is 1.63. The van der Waals surface area contributed by atoms with E-state index in [9.17, 15) is 4.79 Å². The van der Waals surface area contributed by atoms with Crippen molar-refractivity contribution in [3.05, 3.63) is 66.2 Å². The number of fused-ring (bicyclic) bond motifs is 1. The number of nitrogens with one attached hydrogen (secondary N) is 1. The molecule has 0 fully saturated rings. The number of anilines is 1. The highest BCUT2D eigenvalue weighted by Crippen LogP contribution is 2.28. The molecule has 0 aliphatic rings. The van der Waals surface area contributed by atoms with E-state index in [-0.39, 0.29) is 5.91 Å². The third kappa shape index (κ3) is 4.61. The molecule has 0 bridgehead atoms. The number of carbonyl (C=O) groups is 1. The largest absolute Gasteiger partial charge is 0.384 e. The van der Waals surface area contributed by atoms with Gasteiger partial charge in [0.05, 0.1) is 23.4 Å². The molecule has 2 heterocycles. The standard InChI is InChI=1S/C21H18N4O2S2/c1-27-11-12-28-21-25-24-20(29-21)23-19(26)16-13-18(14-7-3-2-4-8-14)22-17-10-6-5-9-15(16)17/h2-10,13H,11-12H2,1H3,(H,23,24,26). The van der Waals surface area contributed by atoms with Crippen LogP contribution >= 0.6 is 23.1 Å². The molecule has 0 atom stereocenters. The van der Waals surface area contributed by atoms with E-state index in [1.807, 2.05) is 60.7 Å². The van der Waals surface area contributed by atoms with Gasteiger partial charge in [0, 0.05) is 23.8 Å². The van der Waals surface area contributed by atoms with Crippen LogP contribution in [0.4, 0.5) is 5.13 Å². The van der Waals surface area contributed by atoms with Crippen molar-refractivity contribution >= 4 is 45.0 Å². The molecule has 8 heteroatoms. The van der Waals surface area contributed by atoms with Crippen molar-refractivity contribution in [2.45, 2.75) is 4.34 Å². The fraction of sp³-hybridized carbons (Fsp3) is 0.143. The Morgan fingerprint density at radius 2 is 1.90 bits per heavy atom. The van der Waals surface area contributed by atoms with Gasteiger partial charge in [0.1, 0.15) is 0 Å². The minimum atomic E-state index is -0.231. The van der Waals surface area contributed by atoms with Crippen molar-refractivity contribution in [3.8, 4) is 11.3 Å². The van der Waals surface area contributed by atoms with E-state index in [2.05, 4.69) is 15.5 Å². The van der Waals surface area contributed by atoms with E-state index in [4.69, 9.17) is 9.72 Å². The first-order valence-corrected chi connectivity index (χ1v) is 10.8. The van der Waals surface area contributed by atoms with Crippen molar-refractivity contribution in [1.29, 1.82) is 0 Å². The SMILES string of the molecule is COCCSc1nnc(NC(=O)c2cc(-c3ccccc3)nc3ccccc23)s1. The Morgan fingerprint density at radius 1 is 1.10 bits per heavy atom. The van der Waals surface area contributed by atoms with Crippen molar-refractivity contribution in [2.75, 3.05) is 24.8 Å². The van der Waals surface area contributed by atoms with Crippen LogP contribution in [0.5, 0.6) is 0 Å². The van der Waals surface area contributed by atoms with Gasteiger partial charge in [-0.1, -0.05) is 71.6 Å². The van der Waals surface area contributed by atoms with E-state index in [1.165, 1.54) is 11.3 Å². The maximum Gasteiger partial charge on any atom is 0.258 e. The highest BCUT2D eigenvalue weighted by atomic mass is 32.2. The third-order valence-electron chi connectivity index (χ3n) is 4.17. The third-order valence-corrected chi connectivity index (χ3v) is 6.11. The summed E-state index contributed by atoms with van der Waals surface area (Å²) in [5.74, 6) is 0.555. The number of para-hydroxylation sites is 1. The second kappa shape index (κ2) is 9.13. The van der Waals surface area contributed by atoms with Crippen LogP contribution in [0.15, 0.2) is 65.0 Å². The number of amides is 1. The van der Waals surface area contributed by atoms with Gasteiger partial charge in [0.25, 0.3) is 5.91 Å². The minimum absolute atomic E-state index is 0.231. The lowest BCUT2D eigenvalue weighted by atomic mass is 10.0. The summed E-state index contributed by atoms with van der Waals surface area (Å²) >= 11 is 2.90. The van der Waals surface area contributed by atoms with Crippen molar-refractivity contribution < 1.29 is 9.53 Å². The topological polar surface area (TPSA) is 77.0 Å². The van der Waals surface area contributed by atoms with Crippen LogP contribution in [-0.4, -0.2) is 40.6 Å². The first-order chi connectivity index (χ1) is 14.2. The summed E-state index contributed by atoms with van der Waals surface area (Å²) in [5, 5.41) is 12.3. The molecule has 4 rings (SSSR count). The quantitative estimate of drug-likeness (QED) is 0.263. The van der Waals surface area contributed by atoms with Crippen LogP contribution in [-0.2, 0) is 4.74 Å². The van der Waals surface area contributed by atoms with Crippen molar-refractivity contribution in [2.24, 2.45) is 0 Å². The van der Waals surface area contributed by atoms with Crippen molar-refractivity contribution in [3.63, 3.8) is 0 Å². The molecule has 6 nitrogen and oxygen atoms in total. The predicted molar refractivity (Wildman–Crippen MR) is 118 cm³/mol. The number of thioether (sulfide) groups is 1. The van der Waals surface area contributed by atoms with Crippen LogP contribution in [0.1, 0.15) is 10.4 Å². The average molecular weight is 423 g/mol. The number of methoxy groups -OCH3 is 1. The van der Waals surface area contributed by atoms with E-state index in [0.717, 1.165) is 32.3 Å². The maximum absolute atomic E-state index is 13.1. The summed E-state index contributed by atoms with van der Waals surface area (Å²) in [4.78, 5) is 17.8. The monoisotopic (exact) mass is 422 g/mol. The van der Waals surface area contributed by atoms with Crippen molar-refractivity contribution in [1.82, 2.24) is 15.2 Å². The highest BCUT2D eigenvalue weighted by molar-refractivity contribution is 8.01. The van der Waals surface area contributed by atoms with Crippen LogP contribution < -0.4 is 5.32 Å². The molecule has 0 spiro atoms. The molecule has 1 N–H and O–H groups in total. The lowest BCUT2D eigenvalue weighted by molar-refractivity contribution is 0.102. The number of aromatic nitrogens is 3. The number of hydrogen-bond donors (Lipinski definition) is 1. The van der Waals surface area contributed by atoms with Gasteiger partial charge >= 0.3 is 0 Å². The van der Waals surface area contributed by atoms with Gasteiger partial charge in [-0.05, 0) is 12.1 Å². The molecule has 1 amide bonds. The van der Waals surface area contributed by atoms with E-state index in [0.29, 0.717) is 17.3 Å². The molecule has 0 unspecified atom stereocenters. The number of hydrogen-bond acceptors (Lipinski definition) is 7. The lowest BCUT2D eigenvalue weighted by Gasteiger charge is -2.09. The number of carbonyl (C=O) groups excluding carboxylic acids is 1. The summed E-state index contributed by atoms with van der Waals surface area (Å²) in [7, 11) is 1.66. The number of rotatable bonds is 7. The molecule has 4 aromatic rings. The first-order valence-electron chi connectivity index (χ1n) is 8.96. The summed E-state index contributed by atoms with van der Waals surface area (Å²) < 4.78 is 5.83. The summed E-state index contributed by atoms with van der Waals surface area (Å²) in [6.45, 7) is 0.636. The second-order valence-electron chi connectivity index (χ2n) is 6.11. The first kappa shape index (κ1) is 19.5. The van der Waals surface area contributed by atoms with E-state index in [1.54, 1.807) is 18.9 Å². The summed E-state index contributed by atoms with van der Waals surface area (Å²) in [6.07, 6.45) is 0. The van der Waals surface area contributed by atoms with Gasteiger partial charge < -0.3 is 4.74 Å². The van der Waals surface area contributed by atoms with E-state index < -0.39 is 0 Å². The number of ether oxygens (including phenoxy) is 1. The number of pyridine rings is 1.